The van der Waals surface area contributed by atoms with Crippen molar-refractivity contribution in [3.05, 3.63) is 48.0 Å². The van der Waals surface area contributed by atoms with E-state index < -0.39 is 90.7 Å². The molecule has 0 aromatic carbocycles. The maximum absolute atomic E-state index is 12.4. The van der Waals surface area contributed by atoms with Crippen LogP contribution in [-0.4, -0.2) is 197 Å². The zero-order chi connectivity index (χ0) is 51.7. The van der Waals surface area contributed by atoms with Gasteiger partial charge in [0, 0.05) is 50.4 Å². The highest BCUT2D eigenvalue weighted by atomic mass is 16.7. The largest absolute Gasteiger partial charge is 0.509 e. The first-order chi connectivity index (χ1) is 36.1. The summed E-state index contributed by atoms with van der Waals surface area (Å²) in [6.07, 6.45) is 7.64. The minimum Gasteiger partial charge on any atom is -0.509 e. The fourth-order valence-corrected chi connectivity index (χ4v) is 15.7. The summed E-state index contributed by atoms with van der Waals surface area (Å²) in [7, 11) is 0. The quantitative estimate of drug-likeness (QED) is 0.204. The second kappa shape index (κ2) is 20.5. The molecular weight excluding hydrogens is 973 g/mol. The molecule has 0 unspecified atom stereocenters. The Morgan fingerprint density at radius 2 is 1.13 bits per heavy atom. The Labute approximate surface area is 440 Å². The highest BCUT2D eigenvalue weighted by Gasteiger charge is 2.62. The van der Waals surface area contributed by atoms with E-state index in [-0.39, 0.29) is 115 Å². The van der Waals surface area contributed by atoms with E-state index in [2.05, 4.69) is 52.0 Å². The molecular formula is C57H82O18. The van der Waals surface area contributed by atoms with Gasteiger partial charge in [0.25, 0.3) is 0 Å². The monoisotopic (exact) mass is 1050 g/mol. The molecule has 0 aliphatic carbocycles. The van der Waals surface area contributed by atoms with Crippen LogP contribution in [0.3, 0.4) is 0 Å². The van der Waals surface area contributed by atoms with E-state index >= 15 is 0 Å². The van der Waals surface area contributed by atoms with Gasteiger partial charge in [0.05, 0.1) is 110 Å². The third-order valence-electron chi connectivity index (χ3n) is 20.3. The van der Waals surface area contributed by atoms with Gasteiger partial charge in [-0.3, -0.25) is 0 Å². The lowest BCUT2D eigenvalue weighted by atomic mass is 9.76. The molecule has 0 aromatic heterocycles. The maximum Gasteiger partial charge on any atom is 0.171 e. The van der Waals surface area contributed by atoms with Crippen molar-refractivity contribution in [2.24, 2.45) is 23.7 Å². The molecule has 1 spiro atoms. The number of aliphatic hydroxyl groups excluding tert-OH is 5. The second-order valence-electron chi connectivity index (χ2n) is 25.0. The van der Waals surface area contributed by atoms with Crippen LogP contribution in [0, 0.1) is 23.7 Å². The van der Waals surface area contributed by atoms with Crippen molar-refractivity contribution in [1.29, 1.82) is 0 Å². The van der Waals surface area contributed by atoms with Gasteiger partial charge in [-0.05, 0) is 57.3 Å². The molecule has 5 N–H and O–H groups in total. The topological polar surface area (TPSA) is 221 Å². The van der Waals surface area contributed by atoms with Crippen LogP contribution in [-0.2, 0) is 61.6 Å². The van der Waals surface area contributed by atoms with Crippen LogP contribution in [0.25, 0.3) is 0 Å². The predicted molar refractivity (Wildman–Crippen MR) is 264 cm³/mol. The smallest absolute Gasteiger partial charge is 0.171 e. The Morgan fingerprint density at radius 1 is 0.493 bits per heavy atom. The van der Waals surface area contributed by atoms with E-state index in [1.807, 2.05) is 19.1 Å². The summed E-state index contributed by atoms with van der Waals surface area (Å²) in [6.45, 7) is 11.2. The van der Waals surface area contributed by atoms with Crippen LogP contribution in [0.5, 0.6) is 0 Å². The predicted octanol–water partition coefficient (Wildman–Crippen LogP) is 4.88. The second-order valence-corrected chi connectivity index (χ2v) is 25.0. The normalized spacial score (nSPS) is 57.5. The molecule has 418 valence electrons. The van der Waals surface area contributed by atoms with E-state index in [4.69, 9.17) is 61.6 Å². The third-order valence-corrected chi connectivity index (χ3v) is 20.3. The zero-order valence-electron chi connectivity index (χ0n) is 44.1. The van der Waals surface area contributed by atoms with E-state index in [1.165, 1.54) is 0 Å². The number of aliphatic hydroxyl groups is 5. The van der Waals surface area contributed by atoms with Gasteiger partial charge in [0.15, 0.2) is 11.5 Å². The lowest BCUT2D eigenvalue weighted by Crippen LogP contribution is -2.63. The van der Waals surface area contributed by atoms with E-state index in [0.717, 1.165) is 25.7 Å². The van der Waals surface area contributed by atoms with Gasteiger partial charge < -0.3 is 87.1 Å². The van der Waals surface area contributed by atoms with Crippen molar-refractivity contribution >= 4 is 0 Å². The number of hydrogen-bond acceptors (Lipinski definition) is 18. The van der Waals surface area contributed by atoms with Crippen LogP contribution < -0.4 is 0 Å². The molecule has 13 aliphatic heterocycles. The molecule has 0 saturated carbocycles. The molecule has 18 nitrogen and oxygen atoms in total. The van der Waals surface area contributed by atoms with Gasteiger partial charge in [0.1, 0.15) is 60.7 Å². The summed E-state index contributed by atoms with van der Waals surface area (Å²) in [5.41, 5.74) is -1.02. The van der Waals surface area contributed by atoms with Gasteiger partial charge >= 0.3 is 0 Å². The standard InChI is InChI=1S/C57H82O18/c1-26-18-38-40(22-45-51(72-38)28(3)49(61)55-52(73-45)27(2)29(4)57(75-55)16-9-17-64-57)68-42-24-48-56(5,74-43(42)19-26)47(60)23-41-35(70-48)11-7-6-10-32-33(67-41)12-8-13-34-36(65-32)14-15-37-39(66-34)21-46-54(71-37)50(62)53-44(69-46)20-30(58)31(59)25-63-53/h6-8,12,14-15,26-29,32-55,58-62H,9-11,13,16-25H2,1-5H3/b7-6-,12-8-/t26-,27+,28+,29+,32-,33+,34-,35+,36+,37-,38+,39+,40-,41-,42+,43-,44+,45+,46-,47-,48-,49+,50-,51-,52-,53+,54-,55+,56+,57-/m1/s1. The minimum atomic E-state index is -1.04. The Hall–Kier alpha value is -2.08. The summed E-state index contributed by atoms with van der Waals surface area (Å²) < 4.78 is 88.5. The average molecular weight is 1060 g/mol. The number of ether oxygens (including phenoxy) is 13. The maximum atomic E-state index is 12.4. The van der Waals surface area contributed by atoms with Crippen molar-refractivity contribution in [2.75, 3.05) is 13.2 Å². The Morgan fingerprint density at radius 3 is 1.95 bits per heavy atom. The Balaban J connectivity index is 0.690. The molecule has 9 fully saturated rings. The van der Waals surface area contributed by atoms with Gasteiger partial charge in [-0.2, -0.15) is 0 Å². The minimum absolute atomic E-state index is 0.0278. The van der Waals surface area contributed by atoms with Gasteiger partial charge in [-0.1, -0.05) is 64.2 Å². The molecule has 0 amide bonds. The fourth-order valence-electron chi connectivity index (χ4n) is 15.7. The molecule has 13 aliphatic rings. The highest BCUT2D eigenvalue weighted by Crippen LogP contribution is 2.52. The molecule has 9 saturated heterocycles. The molecule has 75 heavy (non-hydrogen) atoms. The van der Waals surface area contributed by atoms with Crippen LogP contribution >= 0.6 is 0 Å². The molecule has 0 bridgehead atoms. The lowest BCUT2D eigenvalue weighted by Gasteiger charge is -2.53. The van der Waals surface area contributed by atoms with Gasteiger partial charge in [-0.15, -0.1) is 0 Å². The third kappa shape index (κ3) is 9.35. The number of rotatable bonds is 0. The first-order valence-electron chi connectivity index (χ1n) is 28.8. The van der Waals surface area contributed by atoms with E-state index in [1.54, 1.807) is 0 Å². The zero-order valence-corrected chi connectivity index (χ0v) is 44.1. The highest BCUT2D eigenvalue weighted by molar-refractivity contribution is 5.15. The summed E-state index contributed by atoms with van der Waals surface area (Å²) in [5.74, 6) is -0.973. The van der Waals surface area contributed by atoms with Crippen LogP contribution in [0.1, 0.15) is 112 Å². The average Bonchev–Trinajstić information content (AvgIpc) is 3.67. The van der Waals surface area contributed by atoms with Crippen molar-refractivity contribution in [1.82, 2.24) is 0 Å². The first-order valence-corrected chi connectivity index (χ1v) is 28.8. The van der Waals surface area contributed by atoms with Crippen LogP contribution in [0.2, 0.25) is 0 Å². The van der Waals surface area contributed by atoms with Crippen LogP contribution in [0.15, 0.2) is 48.0 Å². The van der Waals surface area contributed by atoms with E-state index in [0.29, 0.717) is 51.6 Å². The van der Waals surface area contributed by atoms with E-state index in [9.17, 15) is 25.5 Å². The lowest BCUT2D eigenvalue weighted by molar-refractivity contribution is -0.339. The fraction of sp³-hybridized carbons (Fsp3) is 0.860. The van der Waals surface area contributed by atoms with Crippen molar-refractivity contribution in [3.8, 4) is 0 Å². The summed E-state index contributed by atoms with van der Waals surface area (Å²) in [5, 5.41) is 56.4. The SMILES string of the molecule is C[C@@H]1C[C@@H]2O[C@@H]3[C@@H](C)[C@H](O)[C@@H]4O[C@]5(CCCO5)[C@@H](C)[C@H](C)[C@H]4O[C@H]3C[C@H]2O[C@H]2C[C@H]3O[C@H]4C/C=C\C[C@H]5O[C@H]6C=C[C@H]7O[C@H]8[C@H](O)[C@H]9OCC(O)=C(O)C[C@@H]9O[C@@H]8C[C@@H]7O[C@@H]6C/C=C\[C@@H]5O[C@@H]4C[C@@H](O)[C@]3(C)O[C@@H]2C1. The number of hydrogen-bond donors (Lipinski definition) is 5. The molecule has 13 heterocycles. The Bertz CT molecular complexity index is 2180. The molecule has 0 aromatic rings. The molecule has 0 radical (unpaired) electrons. The van der Waals surface area contributed by atoms with Crippen molar-refractivity contribution < 1.29 is 87.1 Å². The summed E-state index contributed by atoms with van der Waals surface area (Å²) in [6, 6.07) is 0. The van der Waals surface area contributed by atoms with Gasteiger partial charge in [-0.25, -0.2) is 0 Å². The number of fused-ring (bicyclic) bond motifs is 11. The van der Waals surface area contributed by atoms with Crippen LogP contribution in [0.4, 0.5) is 0 Å². The molecule has 13 rings (SSSR count). The Kier molecular flexibility index (Phi) is 14.3. The van der Waals surface area contributed by atoms with Crippen molar-refractivity contribution in [2.45, 2.75) is 270 Å². The molecule has 30 atom stereocenters. The first kappa shape index (κ1) is 52.3. The van der Waals surface area contributed by atoms with Gasteiger partial charge in [0.2, 0.25) is 0 Å². The molecule has 18 heteroatoms. The summed E-state index contributed by atoms with van der Waals surface area (Å²) >= 11 is 0. The van der Waals surface area contributed by atoms with Crippen molar-refractivity contribution in [3.63, 3.8) is 0 Å². The summed E-state index contributed by atoms with van der Waals surface area (Å²) in [4.78, 5) is 0.